The number of ether oxygens (including phenoxy) is 4. The van der Waals surface area contributed by atoms with Gasteiger partial charge in [0.1, 0.15) is 0 Å². The van der Waals surface area contributed by atoms with E-state index in [4.69, 9.17) is 18.9 Å². The van der Waals surface area contributed by atoms with Gasteiger partial charge in [0.25, 0.3) is 5.79 Å². The van der Waals surface area contributed by atoms with Gasteiger partial charge in [-0.25, -0.2) is 9.59 Å². The van der Waals surface area contributed by atoms with Crippen LogP contribution < -0.4 is 0 Å². The maximum absolute atomic E-state index is 12.2. The fraction of sp³-hybridized carbons (Fsp3) is 0.833. The molecule has 0 saturated carbocycles. The summed E-state index contributed by atoms with van der Waals surface area (Å²) in [6.07, 6.45) is -1.21. The Morgan fingerprint density at radius 2 is 1.89 bits per heavy atom. The molecule has 2 fully saturated rings. The van der Waals surface area contributed by atoms with Gasteiger partial charge < -0.3 is 18.9 Å². The molecule has 0 bridgehead atoms. The molecule has 2 aliphatic rings. The lowest BCUT2D eigenvalue weighted by atomic mass is 9.94. The summed E-state index contributed by atoms with van der Waals surface area (Å²) in [5, 5.41) is 0. The third-order valence-corrected chi connectivity index (χ3v) is 4.38. The first kappa shape index (κ1) is 14.1. The molecular weight excluding hydrogens is 254 g/mol. The number of amides is 1. The van der Waals surface area contributed by atoms with Crippen LogP contribution >= 0.6 is 0 Å². The van der Waals surface area contributed by atoms with Crippen molar-refractivity contribution in [1.82, 2.24) is 4.90 Å². The molecule has 0 aromatic heterocycles. The molecule has 0 unspecified atom stereocenters. The molecule has 1 amide bonds. The van der Waals surface area contributed by atoms with Crippen molar-refractivity contribution in [2.75, 3.05) is 14.2 Å². The van der Waals surface area contributed by atoms with Crippen LogP contribution in [0.4, 0.5) is 4.79 Å². The maximum atomic E-state index is 12.2. The number of cyclic esters (lactones) is 1. The van der Waals surface area contributed by atoms with E-state index in [1.807, 2.05) is 0 Å². The van der Waals surface area contributed by atoms with Crippen molar-refractivity contribution in [3.63, 3.8) is 0 Å². The lowest BCUT2D eigenvalue weighted by molar-refractivity contribution is -0.265. The number of nitrogens with zero attached hydrogens (tertiary/aromatic N) is 1. The van der Waals surface area contributed by atoms with E-state index >= 15 is 0 Å². The van der Waals surface area contributed by atoms with Crippen LogP contribution in [0.15, 0.2) is 0 Å². The van der Waals surface area contributed by atoms with Gasteiger partial charge in [-0.2, -0.15) is 0 Å². The highest BCUT2D eigenvalue weighted by Gasteiger charge is 2.75. The predicted molar refractivity (Wildman–Crippen MR) is 63.1 cm³/mol. The summed E-state index contributed by atoms with van der Waals surface area (Å²) in [7, 11) is 2.69. The van der Waals surface area contributed by atoms with E-state index in [1.165, 1.54) is 19.1 Å². The number of hydrogen-bond donors (Lipinski definition) is 0. The summed E-state index contributed by atoms with van der Waals surface area (Å²) in [6.45, 7) is 6.56. The second-order valence-electron chi connectivity index (χ2n) is 5.24. The first-order valence-corrected chi connectivity index (χ1v) is 6.02. The van der Waals surface area contributed by atoms with E-state index in [2.05, 4.69) is 0 Å². The lowest BCUT2D eigenvalue weighted by Crippen LogP contribution is -2.60. The van der Waals surface area contributed by atoms with Crippen molar-refractivity contribution in [3.8, 4) is 0 Å². The number of fused-ring (bicyclic) bond motifs is 1. The highest BCUT2D eigenvalue weighted by atomic mass is 16.8. The predicted octanol–water partition coefficient (Wildman–Crippen LogP) is 0.868. The zero-order valence-corrected chi connectivity index (χ0v) is 12.0. The van der Waals surface area contributed by atoms with E-state index in [0.29, 0.717) is 0 Å². The van der Waals surface area contributed by atoms with Crippen LogP contribution in [-0.4, -0.2) is 54.3 Å². The van der Waals surface area contributed by atoms with Gasteiger partial charge in [-0.05, 0) is 20.8 Å². The fourth-order valence-electron chi connectivity index (χ4n) is 2.81. The molecule has 7 nitrogen and oxygen atoms in total. The Kier molecular flexibility index (Phi) is 2.84. The summed E-state index contributed by atoms with van der Waals surface area (Å²) >= 11 is 0. The lowest BCUT2D eigenvalue weighted by Gasteiger charge is -2.36. The second-order valence-corrected chi connectivity index (χ2v) is 5.24. The molecule has 0 aromatic rings. The van der Waals surface area contributed by atoms with Gasteiger partial charge >= 0.3 is 12.1 Å². The molecule has 19 heavy (non-hydrogen) atoms. The average molecular weight is 273 g/mol. The van der Waals surface area contributed by atoms with Gasteiger partial charge in [-0.1, -0.05) is 0 Å². The van der Waals surface area contributed by atoms with Crippen molar-refractivity contribution in [2.45, 2.75) is 50.8 Å². The van der Waals surface area contributed by atoms with E-state index in [0.717, 1.165) is 0 Å². The number of rotatable bonds is 2. The molecular formula is C12H19NO6. The Bertz CT molecular complexity index is 440. The standard InChI is InChI=1S/C12H19NO6/c1-7-10(2,8(14)16-5)13-9(15)19-12(4,17-6)11(13,3)18-7/h7H,1-6H3/t7-,10+,11+,12-/m1/s1. The van der Waals surface area contributed by atoms with Crippen LogP contribution in [-0.2, 0) is 23.7 Å². The molecule has 0 aliphatic carbocycles. The van der Waals surface area contributed by atoms with E-state index < -0.39 is 35.2 Å². The molecule has 4 atom stereocenters. The van der Waals surface area contributed by atoms with E-state index in [-0.39, 0.29) is 0 Å². The highest BCUT2D eigenvalue weighted by Crippen LogP contribution is 2.52. The van der Waals surface area contributed by atoms with Crippen LogP contribution in [0.25, 0.3) is 0 Å². The SMILES string of the molecule is COC(=O)[C@]1(C)[C@@H](C)O[C@]2(C)N1C(=O)O[C@@]2(C)OC. The largest absolute Gasteiger partial charge is 0.467 e. The molecule has 0 N–H and O–H groups in total. The monoisotopic (exact) mass is 273 g/mol. The van der Waals surface area contributed by atoms with Gasteiger partial charge in [0.2, 0.25) is 5.72 Å². The number of carbonyl (C=O) groups excluding carboxylic acids is 2. The summed E-state index contributed by atoms with van der Waals surface area (Å²) < 4.78 is 21.2. The summed E-state index contributed by atoms with van der Waals surface area (Å²) in [4.78, 5) is 25.5. The van der Waals surface area contributed by atoms with Crippen molar-refractivity contribution < 1.29 is 28.5 Å². The first-order chi connectivity index (χ1) is 8.67. The van der Waals surface area contributed by atoms with Gasteiger partial charge in [0.15, 0.2) is 5.54 Å². The third-order valence-electron chi connectivity index (χ3n) is 4.38. The molecule has 2 saturated heterocycles. The number of carbonyl (C=O) groups is 2. The number of methoxy groups -OCH3 is 2. The van der Waals surface area contributed by atoms with Gasteiger partial charge in [-0.15, -0.1) is 0 Å². The Labute approximate surface area is 111 Å². The minimum atomic E-state index is -1.29. The van der Waals surface area contributed by atoms with Crippen molar-refractivity contribution >= 4 is 12.1 Å². The quantitative estimate of drug-likeness (QED) is 0.695. The van der Waals surface area contributed by atoms with E-state index in [1.54, 1.807) is 27.7 Å². The average Bonchev–Trinajstić information content (AvgIpc) is 2.68. The van der Waals surface area contributed by atoms with Crippen molar-refractivity contribution in [1.29, 1.82) is 0 Å². The Morgan fingerprint density at radius 1 is 1.32 bits per heavy atom. The van der Waals surface area contributed by atoms with Crippen LogP contribution in [0.1, 0.15) is 27.7 Å². The van der Waals surface area contributed by atoms with Gasteiger partial charge in [0.05, 0.1) is 13.2 Å². The van der Waals surface area contributed by atoms with Crippen LogP contribution in [0.2, 0.25) is 0 Å². The minimum absolute atomic E-state index is 0.549. The van der Waals surface area contributed by atoms with Gasteiger partial charge in [0, 0.05) is 14.0 Å². The molecule has 2 rings (SSSR count). The topological polar surface area (TPSA) is 74.3 Å². The molecule has 2 heterocycles. The number of hydrogen-bond acceptors (Lipinski definition) is 6. The Balaban J connectivity index is 2.55. The normalized spacial score (nSPS) is 45.1. The van der Waals surface area contributed by atoms with Crippen molar-refractivity contribution in [2.24, 2.45) is 0 Å². The first-order valence-electron chi connectivity index (χ1n) is 6.02. The molecule has 108 valence electrons. The minimum Gasteiger partial charge on any atom is -0.467 e. The molecule has 0 radical (unpaired) electrons. The van der Waals surface area contributed by atoms with E-state index in [9.17, 15) is 9.59 Å². The molecule has 0 spiro atoms. The molecule has 7 heteroatoms. The number of esters is 1. The van der Waals surface area contributed by atoms with Crippen LogP contribution in [0, 0.1) is 0 Å². The Morgan fingerprint density at radius 3 is 2.37 bits per heavy atom. The smallest absolute Gasteiger partial charge is 0.416 e. The second kappa shape index (κ2) is 3.83. The summed E-state index contributed by atoms with van der Waals surface area (Å²) in [6, 6.07) is 0. The Hall–Kier alpha value is -1.34. The molecule has 0 aromatic carbocycles. The summed E-state index contributed by atoms with van der Waals surface area (Å²) in [5.74, 6) is -1.84. The highest BCUT2D eigenvalue weighted by molar-refractivity contribution is 5.88. The zero-order valence-electron chi connectivity index (χ0n) is 12.0. The van der Waals surface area contributed by atoms with Crippen LogP contribution in [0.3, 0.4) is 0 Å². The summed E-state index contributed by atoms with van der Waals surface area (Å²) in [5.41, 5.74) is -2.45. The third kappa shape index (κ3) is 1.40. The van der Waals surface area contributed by atoms with Crippen LogP contribution in [0.5, 0.6) is 0 Å². The molecule has 2 aliphatic heterocycles. The zero-order chi connectivity index (χ0) is 14.6. The van der Waals surface area contributed by atoms with Crippen molar-refractivity contribution in [3.05, 3.63) is 0 Å². The maximum Gasteiger partial charge on any atom is 0.416 e. The van der Waals surface area contributed by atoms with Gasteiger partial charge in [-0.3, -0.25) is 4.90 Å². The fourth-order valence-corrected chi connectivity index (χ4v) is 2.81.